The topological polar surface area (TPSA) is 48.4 Å². The Morgan fingerprint density at radius 3 is 2.70 bits per heavy atom. The van der Waals surface area contributed by atoms with Crippen LogP contribution < -0.4 is 0 Å². The molecule has 1 aromatic rings. The van der Waals surface area contributed by atoms with E-state index in [1.54, 1.807) is 13.2 Å². The van der Waals surface area contributed by atoms with Crippen molar-refractivity contribution in [3.63, 3.8) is 0 Å². The van der Waals surface area contributed by atoms with Crippen LogP contribution in [0, 0.1) is 0 Å². The minimum Gasteiger partial charge on any atom is -0.462 e. The van der Waals surface area contributed by atoms with Gasteiger partial charge in [-0.05, 0) is 32.4 Å². The maximum absolute atomic E-state index is 12.0. The van der Waals surface area contributed by atoms with E-state index in [4.69, 9.17) is 21.1 Å². The van der Waals surface area contributed by atoms with Crippen LogP contribution >= 0.6 is 11.6 Å². The molecule has 4 nitrogen and oxygen atoms in total. The molecular weight excluding hydrogens is 278 g/mol. The number of pyridine rings is 1. The lowest BCUT2D eigenvalue weighted by Crippen LogP contribution is -2.25. The number of aromatic nitrogens is 1. The second kappa shape index (κ2) is 7.60. The lowest BCUT2D eigenvalue weighted by atomic mass is 10.1. The van der Waals surface area contributed by atoms with Crippen LogP contribution in [0.4, 0.5) is 0 Å². The summed E-state index contributed by atoms with van der Waals surface area (Å²) in [6.07, 6.45) is 2.37. The molecule has 0 fully saturated rings. The molecule has 0 aliphatic carbocycles. The molecule has 1 rings (SSSR count). The second-order valence-corrected chi connectivity index (χ2v) is 5.66. The largest absolute Gasteiger partial charge is 0.462 e. The molecule has 0 spiro atoms. The average Bonchev–Trinajstić information content (AvgIpc) is 2.38. The van der Waals surface area contributed by atoms with Gasteiger partial charge in [-0.15, -0.1) is 0 Å². The summed E-state index contributed by atoms with van der Waals surface area (Å²) in [7, 11) is 1.64. The highest BCUT2D eigenvalue weighted by molar-refractivity contribution is 6.29. The molecule has 0 saturated carbocycles. The van der Waals surface area contributed by atoms with Crippen LogP contribution in [0.15, 0.2) is 12.1 Å². The molecule has 0 aliphatic rings. The van der Waals surface area contributed by atoms with Gasteiger partial charge >= 0.3 is 5.97 Å². The number of methoxy groups -OCH3 is 1. The van der Waals surface area contributed by atoms with Gasteiger partial charge in [-0.3, -0.25) is 0 Å². The summed E-state index contributed by atoms with van der Waals surface area (Å²) in [6, 6.07) is 3.27. The Morgan fingerprint density at radius 1 is 1.40 bits per heavy atom. The first kappa shape index (κ1) is 16.9. The van der Waals surface area contributed by atoms with Crippen LogP contribution in [0.2, 0.25) is 5.15 Å². The number of nitrogens with zero attached hydrogens (tertiary/aromatic N) is 1. The zero-order chi connectivity index (χ0) is 15.2. The minimum absolute atomic E-state index is 0.302. The molecule has 0 N–H and O–H groups in total. The van der Waals surface area contributed by atoms with E-state index in [0.717, 1.165) is 18.5 Å². The summed E-state index contributed by atoms with van der Waals surface area (Å²) in [6.45, 7) is 6.25. The number of carbonyl (C=O) groups is 1. The quantitative estimate of drug-likeness (QED) is 0.569. The van der Waals surface area contributed by atoms with Crippen LogP contribution in [0.5, 0.6) is 0 Å². The van der Waals surface area contributed by atoms with Crippen LogP contribution in [-0.4, -0.2) is 30.3 Å². The highest BCUT2D eigenvalue weighted by Crippen LogP contribution is 2.16. The van der Waals surface area contributed by atoms with Gasteiger partial charge in [0.2, 0.25) is 0 Å². The van der Waals surface area contributed by atoms with Crippen LogP contribution in [0.1, 0.15) is 49.7 Å². The number of aryl methyl sites for hydroxylation is 1. The summed E-state index contributed by atoms with van der Waals surface area (Å²) in [5, 5.41) is 0.320. The van der Waals surface area contributed by atoms with Crippen molar-refractivity contribution in [2.45, 2.75) is 45.6 Å². The smallest absolute Gasteiger partial charge is 0.338 e. The van der Waals surface area contributed by atoms with Gasteiger partial charge in [0.05, 0.1) is 17.8 Å². The Balaban J connectivity index is 2.63. The van der Waals surface area contributed by atoms with Crippen molar-refractivity contribution < 1.29 is 14.3 Å². The number of rotatable bonds is 7. The molecule has 0 aromatic carbocycles. The molecule has 0 radical (unpaired) electrons. The first-order valence-corrected chi connectivity index (χ1v) is 7.14. The molecule has 1 aromatic heterocycles. The minimum atomic E-state index is -0.376. The highest BCUT2D eigenvalue weighted by Gasteiger charge is 2.18. The maximum Gasteiger partial charge on any atom is 0.338 e. The van der Waals surface area contributed by atoms with Crippen molar-refractivity contribution in [2.24, 2.45) is 0 Å². The number of halogens is 1. The number of ether oxygens (including phenoxy) is 2. The molecule has 0 aliphatic heterocycles. The molecule has 1 heterocycles. The Bertz CT molecular complexity index is 460. The SMILES string of the molecule is CCCc1cc(C(=O)OCCC(C)(C)OC)cc(Cl)n1. The van der Waals surface area contributed by atoms with Gasteiger partial charge < -0.3 is 9.47 Å². The fraction of sp³-hybridized carbons (Fsp3) is 0.600. The van der Waals surface area contributed by atoms with E-state index in [1.165, 1.54) is 6.07 Å². The van der Waals surface area contributed by atoms with Crippen molar-refractivity contribution >= 4 is 17.6 Å². The summed E-state index contributed by atoms with van der Waals surface area (Å²) in [5.41, 5.74) is 0.955. The van der Waals surface area contributed by atoms with Gasteiger partial charge in [0.25, 0.3) is 0 Å². The third kappa shape index (κ3) is 5.47. The van der Waals surface area contributed by atoms with Gasteiger partial charge in [-0.2, -0.15) is 0 Å². The maximum atomic E-state index is 12.0. The van der Waals surface area contributed by atoms with E-state index in [-0.39, 0.29) is 11.6 Å². The number of carbonyl (C=O) groups excluding carboxylic acids is 1. The van der Waals surface area contributed by atoms with Gasteiger partial charge in [-0.25, -0.2) is 9.78 Å². The van der Waals surface area contributed by atoms with Crippen molar-refractivity contribution in [1.82, 2.24) is 4.98 Å². The molecule has 0 saturated heterocycles. The zero-order valence-electron chi connectivity index (χ0n) is 12.5. The highest BCUT2D eigenvalue weighted by atomic mass is 35.5. The monoisotopic (exact) mass is 299 g/mol. The molecule has 20 heavy (non-hydrogen) atoms. The summed E-state index contributed by atoms with van der Waals surface area (Å²) in [5.74, 6) is -0.376. The third-order valence-electron chi connectivity index (χ3n) is 3.08. The van der Waals surface area contributed by atoms with Crippen molar-refractivity contribution in [1.29, 1.82) is 0 Å². The molecule has 112 valence electrons. The van der Waals surface area contributed by atoms with Crippen molar-refractivity contribution in [2.75, 3.05) is 13.7 Å². The van der Waals surface area contributed by atoms with Crippen LogP contribution in [0.3, 0.4) is 0 Å². The molecule has 0 amide bonds. The molecular formula is C15H22ClNO3. The standard InChI is InChI=1S/C15H22ClNO3/c1-5-6-12-9-11(10-13(16)17-12)14(18)20-8-7-15(2,3)19-4/h9-10H,5-8H2,1-4H3. The van der Waals surface area contributed by atoms with E-state index in [1.807, 2.05) is 20.8 Å². The predicted octanol–water partition coefficient (Wildman–Crippen LogP) is 3.66. The molecule has 0 unspecified atom stereocenters. The Kier molecular flexibility index (Phi) is 6.43. The first-order chi connectivity index (χ1) is 9.38. The summed E-state index contributed by atoms with van der Waals surface area (Å²) in [4.78, 5) is 16.2. The zero-order valence-corrected chi connectivity index (χ0v) is 13.3. The lowest BCUT2D eigenvalue weighted by molar-refractivity contribution is -0.00564. The van der Waals surface area contributed by atoms with Gasteiger partial charge in [0.15, 0.2) is 0 Å². The molecule has 5 heteroatoms. The second-order valence-electron chi connectivity index (χ2n) is 5.27. The summed E-state index contributed by atoms with van der Waals surface area (Å²) >= 11 is 5.92. The Hall–Kier alpha value is -1.13. The Labute approximate surface area is 125 Å². The predicted molar refractivity (Wildman–Crippen MR) is 79.2 cm³/mol. The van der Waals surface area contributed by atoms with E-state index in [0.29, 0.717) is 23.7 Å². The third-order valence-corrected chi connectivity index (χ3v) is 3.27. The van der Waals surface area contributed by atoms with Crippen LogP contribution in [0.25, 0.3) is 0 Å². The molecule has 0 bridgehead atoms. The number of hydrogen-bond donors (Lipinski definition) is 0. The van der Waals surface area contributed by atoms with Gasteiger partial charge in [0.1, 0.15) is 5.15 Å². The fourth-order valence-electron chi connectivity index (χ4n) is 1.63. The fourth-order valence-corrected chi connectivity index (χ4v) is 1.85. The Morgan fingerprint density at radius 2 is 2.10 bits per heavy atom. The molecule has 0 atom stereocenters. The first-order valence-electron chi connectivity index (χ1n) is 6.76. The van der Waals surface area contributed by atoms with Gasteiger partial charge in [-0.1, -0.05) is 24.9 Å². The van der Waals surface area contributed by atoms with E-state index in [9.17, 15) is 4.79 Å². The van der Waals surface area contributed by atoms with Crippen LogP contribution in [-0.2, 0) is 15.9 Å². The number of esters is 1. The summed E-state index contributed by atoms with van der Waals surface area (Å²) < 4.78 is 10.5. The lowest BCUT2D eigenvalue weighted by Gasteiger charge is -2.22. The van der Waals surface area contributed by atoms with E-state index < -0.39 is 0 Å². The average molecular weight is 300 g/mol. The van der Waals surface area contributed by atoms with E-state index in [2.05, 4.69) is 4.98 Å². The van der Waals surface area contributed by atoms with E-state index >= 15 is 0 Å². The van der Waals surface area contributed by atoms with Crippen molar-refractivity contribution in [3.8, 4) is 0 Å². The van der Waals surface area contributed by atoms with Crippen molar-refractivity contribution in [3.05, 3.63) is 28.5 Å². The number of hydrogen-bond acceptors (Lipinski definition) is 4. The van der Waals surface area contributed by atoms with Gasteiger partial charge in [0, 0.05) is 19.2 Å². The normalized spacial score (nSPS) is 11.4.